The third-order valence-electron chi connectivity index (χ3n) is 2.04. The normalized spacial score (nSPS) is 9.62. The van der Waals surface area contributed by atoms with Crippen LogP contribution in [0.2, 0.25) is 0 Å². The first-order valence-corrected chi connectivity index (χ1v) is 5.31. The molecule has 1 rings (SSSR count). The number of nitrogens with one attached hydrogen (secondary N) is 2. The van der Waals surface area contributed by atoms with Gasteiger partial charge in [-0.05, 0) is 18.6 Å². The third-order valence-corrected chi connectivity index (χ3v) is 2.04. The van der Waals surface area contributed by atoms with E-state index in [4.69, 9.17) is 0 Å². The molecule has 1 aromatic rings. The van der Waals surface area contributed by atoms with Gasteiger partial charge in [-0.25, -0.2) is 9.78 Å². The van der Waals surface area contributed by atoms with Crippen molar-refractivity contribution in [3.63, 3.8) is 0 Å². The summed E-state index contributed by atoms with van der Waals surface area (Å²) >= 11 is 0. The van der Waals surface area contributed by atoms with E-state index in [9.17, 15) is 4.79 Å². The van der Waals surface area contributed by atoms with Crippen LogP contribution in [0.3, 0.4) is 0 Å². The van der Waals surface area contributed by atoms with E-state index >= 15 is 0 Å². The molecule has 88 valence electrons. The molecule has 2 N–H and O–H groups in total. The quantitative estimate of drug-likeness (QED) is 0.753. The van der Waals surface area contributed by atoms with Crippen molar-refractivity contribution >= 4 is 17.6 Å². The van der Waals surface area contributed by atoms with Crippen LogP contribution in [-0.2, 0) is 4.74 Å². The molecule has 0 atom stereocenters. The number of rotatable bonds is 5. The molecule has 0 saturated carbocycles. The summed E-state index contributed by atoms with van der Waals surface area (Å²) < 4.78 is 4.46. The molecule has 0 saturated heterocycles. The average Bonchev–Trinajstić information content (AvgIpc) is 2.31. The molecule has 1 heterocycles. The topological polar surface area (TPSA) is 63.2 Å². The fourth-order valence-corrected chi connectivity index (χ4v) is 1.14. The standard InChI is InChI=1S/C11H17N3O2/c1-3-4-7-12-9-5-6-10(13-8-9)14-11(15)16-2/h5-6,8,12H,3-4,7H2,1-2H3,(H,13,14,15). The zero-order valence-electron chi connectivity index (χ0n) is 9.62. The van der Waals surface area contributed by atoms with Crippen LogP contribution in [0.5, 0.6) is 0 Å². The first kappa shape index (κ1) is 12.3. The number of ether oxygens (including phenoxy) is 1. The van der Waals surface area contributed by atoms with Crippen molar-refractivity contribution in [3.05, 3.63) is 18.3 Å². The maximum atomic E-state index is 10.9. The largest absolute Gasteiger partial charge is 0.453 e. The molecule has 0 spiro atoms. The van der Waals surface area contributed by atoms with E-state index in [-0.39, 0.29) is 0 Å². The van der Waals surface area contributed by atoms with Gasteiger partial charge in [-0.1, -0.05) is 13.3 Å². The molecule has 1 aromatic heterocycles. The highest BCUT2D eigenvalue weighted by Crippen LogP contribution is 2.09. The smallest absolute Gasteiger partial charge is 0.412 e. The molecule has 0 unspecified atom stereocenters. The zero-order valence-corrected chi connectivity index (χ0v) is 9.62. The summed E-state index contributed by atoms with van der Waals surface area (Å²) in [6, 6.07) is 3.60. The summed E-state index contributed by atoms with van der Waals surface area (Å²) in [4.78, 5) is 15.0. The minimum absolute atomic E-state index is 0.480. The first-order chi connectivity index (χ1) is 7.76. The lowest BCUT2D eigenvalue weighted by atomic mass is 10.3. The van der Waals surface area contributed by atoms with Gasteiger partial charge in [0.2, 0.25) is 0 Å². The number of hydrogen-bond acceptors (Lipinski definition) is 4. The van der Waals surface area contributed by atoms with Crippen LogP contribution in [0.15, 0.2) is 18.3 Å². The lowest BCUT2D eigenvalue weighted by Crippen LogP contribution is -2.12. The second-order valence-electron chi connectivity index (χ2n) is 3.33. The Hall–Kier alpha value is -1.78. The van der Waals surface area contributed by atoms with Crippen LogP contribution in [0, 0.1) is 0 Å². The molecule has 5 nitrogen and oxygen atoms in total. The summed E-state index contributed by atoms with van der Waals surface area (Å²) in [6.07, 6.45) is 3.45. The summed E-state index contributed by atoms with van der Waals surface area (Å²) in [7, 11) is 1.32. The van der Waals surface area contributed by atoms with Gasteiger partial charge in [-0.2, -0.15) is 0 Å². The Balaban J connectivity index is 2.44. The maximum absolute atomic E-state index is 10.9. The highest BCUT2D eigenvalue weighted by Gasteiger charge is 2.00. The van der Waals surface area contributed by atoms with Gasteiger partial charge in [0.1, 0.15) is 5.82 Å². The Labute approximate surface area is 95.2 Å². The summed E-state index contributed by atoms with van der Waals surface area (Å²) in [5.74, 6) is 0.480. The van der Waals surface area contributed by atoms with Gasteiger partial charge in [0.15, 0.2) is 0 Å². The number of aromatic nitrogens is 1. The van der Waals surface area contributed by atoms with Crippen molar-refractivity contribution in [2.75, 3.05) is 24.3 Å². The minimum atomic E-state index is -0.515. The molecule has 5 heteroatoms. The average molecular weight is 223 g/mol. The molecule has 0 aromatic carbocycles. The number of carbonyl (C=O) groups is 1. The van der Waals surface area contributed by atoms with Gasteiger partial charge in [-0.3, -0.25) is 5.32 Å². The van der Waals surface area contributed by atoms with E-state index in [2.05, 4.69) is 27.3 Å². The van der Waals surface area contributed by atoms with Crippen molar-refractivity contribution in [3.8, 4) is 0 Å². The molecule has 0 radical (unpaired) electrons. The number of hydrogen-bond donors (Lipinski definition) is 2. The number of anilines is 2. The van der Waals surface area contributed by atoms with Gasteiger partial charge in [0, 0.05) is 6.54 Å². The van der Waals surface area contributed by atoms with Crippen LogP contribution in [0.1, 0.15) is 19.8 Å². The van der Waals surface area contributed by atoms with E-state index in [1.54, 1.807) is 12.3 Å². The predicted octanol–water partition coefficient (Wildman–Crippen LogP) is 2.47. The van der Waals surface area contributed by atoms with Crippen molar-refractivity contribution in [1.29, 1.82) is 0 Å². The van der Waals surface area contributed by atoms with Gasteiger partial charge >= 0.3 is 6.09 Å². The van der Waals surface area contributed by atoms with E-state index in [0.717, 1.165) is 25.1 Å². The number of pyridine rings is 1. The summed E-state index contributed by atoms with van der Waals surface area (Å²) in [5.41, 5.74) is 0.948. The molecular weight excluding hydrogens is 206 g/mol. The van der Waals surface area contributed by atoms with E-state index in [0.29, 0.717) is 5.82 Å². The first-order valence-electron chi connectivity index (χ1n) is 5.31. The number of amides is 1. The Bertz CT molecular complexity index is 325. The third kappa shape index (κ3) is 4.16. The molecule has 0 bridgehead atoms. The Kier molecular flexibility index (Phi) is 5.11. The molecule has 0 fully saturated rings. The van der Waals surface area contributed by atoms with Gasteiger partial charge in [0.05, 0.1) is 19.0 Å². The second kappa shape index (κ2) is 6.66. The molecule has 16 heavy (non-hydrogen) atoms. The van der Waals surface area contributed by atoms with Crippen molar-refractivity contribution in [1.82, 2.24) is 4.98 Å². The van der Waals surface area contributed by atoms with Crippen molar-refractivity contribution in [2.45, 2.75) is 19.8 Å². The van der Waals surface area contributed by atoms with Crippen LogP contribution >= 0.6 is 0 Å². The van der Waals surface area contributed by atoms with E-state index in [1.807, 2.05) is 6.07 Å². The number of methoxy groups -OCH3 is 1. The monoisotopic (exact) mass is 223 g/mol. The Morgan fingerprint density at radius 1 is 1.50 bits per heavy atom. The van der Waals surface area contributed by atoms with E-state index < -0.39 is 6.09 Å². The molecule has 0 aliphatic carbocycles. The molecule has 0 aliphatic rings. The van der Waals surface area contributed by atoms with Crippen LogP contribution in [0.25, 0.3) is 0 Å². The number of carbonyl (C=O) groups excluding carboxylic acids is 1. The lowest BCUT2D eigenvalue weighted by Gasteiger charge is -2.06. The molecular formula is C11H17N3O2. The summed E-state index contributed by atoms with van der Waals surface area (Å²) in [6.45, 7) is 3.07. The SMILES string of the molecule is CCCCNc1ccc(NC(=O)OC)nc1. The Morgan fingerprint density at radius 3 is 2.88 bits per heavy atom. The van der Waals surface area contributed by atoms with Gasteiger partial charge < -0.3 is 10.1 Å². The van der Waals surface area contributed by atoms with Gasteiger partial charge in [-0.15, -0.1) is 0 Å². The highest BCUT2D eigenvalue weighted by molar-refractivity contribution is 5.83. The summed E-state index contributed by atoms with van der Waals surface area (Å²) in [5, 5.41) is 5.72. The van der Waals surface area contributed by atoms with Crippen molar-refractivity contribution in [2.24, 2.45) is 0 Å². The molecule has 1 amide bonds. The fourth-order valence-electron chi connectivity index (χ4n) is 1.14. The zero-order chi connectivity index (χ0) is 11.8. The lowest BCUT2D eigenvalue weighted by molar-refractivity contribution is 0.187. The van der Waals surface area contributed by atoms with Crippen LogP contribution in [0.4, 0.5) is 16.3 Å². The number of unbranched alkanes of at least 4 members (excludes halogenated alkanes) is 1. The maximum Gasteiger partial charge on any atom is 0.412 e. The van der Waals surface area contributed by atoms with Gasteiger partial charge in [0.25, 0.3) is 0 Å². The molecule has 0 aliphatic heterocycles. The van der Waals surface area contributed by atoms with Crippen LogP contribution in [-0.4, -0.2) is 24.7 Å². The minimum Gasteiger partial charge on any atom is -0.453 e. The highest BCUT2D eigenvalue weighted by atomic mass is 16.5. The van der Waals surface area contributed by atoms with Crippen molar-refractivity contribution < 1.29 is 9.53 Å². The predicted molar refractivity (Wildman–Crippen MR) is 63.7 cm³/mol. The van der Waals surface area contributed by atoms with Crippen LogP contribution < -0.4 is 10.6 Å². The second-order valence-corrected chi connectivity index (χ2v) is 3.33. The van der Waals surface area contributed by atoms with E-state index in [1.165, 1.54) is 7.11 Å². The number of nitrogens with zero attached hydrogens (tertiary/aromatic N) is 1. The Morgan fingerprint density at radius 2 is 2.31 bits per heavy atom. The fraction of sp³-hybridized carbons (Fsp3) is 0.455.